The van der Waals surface area contributed by atoms with Gasteiger partial charge in [-0.15, -0.1) is 0 Å². The predicted molar refractivity (Wildman–Crippen MR) is 169 cm³/mol. The Morgan fingerprint density at radius 3 is 2.04 bits per heavy atom. The molecule has 0 saturated heterocycles. The van der Waals surface area contributed by atoms with Crippen LogP contribution in [0.3, 0.4) is 0 Å². The van der Waals surface area contributed by atoms with Crippen molar-refractivity contribution in [1.29, 1.82) is 0 Å². The van der Waals surface area contributed by atoms with Crippen molar-refractivity contribution in [1.82, 2.24) is 10.6 Å². The zero-order valence-corrected chi connectivity index (χ0v) is 26.0. The first kappa shape index (κ1) is 35.0. The average molecular weight is 671 g/mol. The molecule has 4 aromatic rings. The van der Waals surface area contributed by atoms with Gasteiger partial charge < -0.3 is 20.8 Å². The van der Waals surface area contributed by atoms with Crippen molar-refractivity contribution in [2.45, 2.75) is 44.9 Å². The number of aliphatic carboxylic acids is 1. The van der Waals surface area contributed by atoms with E-state index in [4.69, 9.17) is 11.6 Å². The summed E-state index contributed by atoms with van der Waals surface area (Å²) in [4.78, 5) is 38.8. The van der Waals surface area contributed by atoms with E-state index >= 15 is 0 Å². The topological polar surface area (TPSA) is 116 Å². The quantitative estimate of drug-likeness (QED) is 0.123. The third-order valence-corrected chi connectivity index (χ3v) is 7.64. The molecule has 0 bridgehead atoms. The predicted octanol–water partition coefficient (Wildman–Crippen LogP) is 7.49. The van der Waals surface area contributed by atoms with E-state index in [0.717, 1.165) is 18.2 Å². The Morgan fingerprint density at radius 1 is 0.809 bits per heavy atom. The summed E-state index contributed by atoms with van der Waals surface area (Å²) in [6.07, 6.45) is -4.52. The number of carboxylic acids is 1. The third kappa shape index (κ3) is 9.10. The summed E-state index contributed by atoms with van der Waals surface area (Å²) in [5, 5.41) is 25.1. The number of carbonyl (C=O) groups is 3. The van der Waals surface area contributed by atoms with Crippen LogP contribution in [0.4, 0.5) is 17.6 Å². The van der Waals surface area contributed by atoms with Gasteiger partial charge in [0.25, 0.3) is 5.91 Å². The lowest BCUT2D eigenvalue weighted by atomic mass is 9.98. The van der Waals surface area contributed by atoms with Gasteiger partial charge in [-0.05, 0) is 76.6 Å². The van der Waals surface area contributed by atoms with Crippen LogP contribution < -0.4 is 10.6 Å². The van der Waals surface area contributed by atoms with Gasteiger partial charge in [0.15, 0.2) is 0 Å². The van der Waals surface area contributed by atoms with E-state index in [1.165, 1.54) is 42.5 Å². The molecule has 246 valence electrons. The second-order valence-corrected chi connectivity index (χ2v) is 11.8. The number of hydrogen-bond donors (Lipinski definition) is 4. The molecule has 47 heavy (non-hydrogen) atoms. The fourth-order valence-electron chi connectivity index (χ4n) is 4.93. The molecule has 4 N–H and O–H groups in total. The third-order valence-electron chi connectivity index (χ3n) is 7.35. The van der Waals surface area contributed by atoms with Gasteiger partial charge >= 0.3 is 12.1 Å². The van der Waals surface area contributed by atoms with E-state index in [9.17, 15) is 42.2 Å². The number of carboxylic acid groups (broad SMARTS) is 1. The van der Waals surface area contributed by atoms with Crippen LogP contribution in [0.1, 0.15) is 41.8 Å². The molecule has 0 aromatic heterocycles. The van der Waals surface area contributed by atoms with Gasteiger partial charge in [0.05, 0.1) is 16.1 Å². The van der Waals surface area contributed by atoms with E-state index in [1.807, 2.05) is 0 Å². The van der Waals surface area contributed by atoms with Crippen LogP contribution in [0.15, 0.2) is 84.9 Å². The first-order chi connectivity index (χ1) is 22.1. The molecular weight excluding hydrogens is 640 g/mol. The highest BCUT2D eigenvalue weighted by molar-refractivity contribution is 6.31. The largest absolute Gasteiger partial charge is 0.507 e. The highest BCUT2D eigenvalue weighted by atomic mass is 35.5. The second kappa shape index (κ2) is 14.7. The van der Waals surface area contributed by atoms with Crippen LogP contribution in [0.5, 0.6) is 5.75 Å². The van der Waals surface area contributed by atoms with E-state index in [-0.39, 0.29) is 29.3 Å². The molecular formula is C35H31ClF4N2O5. The van der Waals surface area contributed by atoms with Crippen molar-refractivity contribution in [3.63, 3.8) is 0 Å². The standard InChI is InChI=1S/C35H31ClF4N2O5/c1-19(2)14-30(34(46)47)42-33(45)29(15-20-6-8-21(9-7-20)22-4-3-5-25(16-22)35(38,39)40)41-32(44)26-17-23(11-13-31(26)43)24-10-12-28(37)27(36)18-24/h3-13,16-19,29-30,43H,14-15H2,1-2H3,(H,41,44)(H,42,45)(H,46,47)/t29-,30-/m0/s1. The molecule has 4 aromatic carbocycles. The zero-order chi connectivity index (χ0) is 34.5. The number of amides is 2. The van der Waals surface area contributed by atoms with E-state index in [2.05, 4.69) is 10.6 Å². The summed E-state index contributed by atoms with van der Waals surface area (Å²) in [5.74, 6) is -4.03. The first-order valence-electron chi connectivity index (χ1n) is 14.5. The smallest absolute Gasteiger partial charge is 0.416 e. The van der Waals surface area contributed by atoms with Crippen molar-refractivity contribution in [2.75, 3.05) is 0 Å². The average Bonchev–Trinajstić information content (AvgIpc) is 3.01. The number of nitrogens with one attached hydrogen (secondary N) is 2. The van der Waals surface area contributed by atoms with E-state index in [1.54, 1.807) is 38.1 Å². The maximum absolute atomic E-state index is 13.7. The highest BCUT2D eigenvalue weighted by Crippen LogP contribution is 2.33. The van der Waals surface area contributed by atoms with Crippen LogP contribution in [0.25, 0.3) is 22.3 Å². The number of carbonyl (C=O) groups excluding carboxylic acids is 2. The number of benzene rings is 4. The van der Waals surface area contributed by atoms with Gasteiger partial charge in [0.2, 0.25) is 5.91 Å². The summed E-state index contributed by atoms with van der Waals surface area (Å²) in [6, 6.07) is 16.6. The molecule has 2 atom stereocenters. The molecule has 4 rings (SSSR count). The minimum atomic E-state index is -4.52. The number of hydrogen-bond acceptors (Lipinski definition) is 4. The fourth-order valence-corrected chi connectivity index (χ4v) is 5.11. The minimum absolute atomic E-state index is 0.0764. The molecule has 0 unspecified atom stereocenters. The Balaban J connectivity index is 1.62. The number of alkyl halides is 3. The molecule has 0 fully saturated rings. The fraction of sp³-hybridized carbons (Fsp3) is 0.229. The lowest BCUT2D eigenvalue weighted by Gasteiger charge is -2.23. The molecule has 0 radical (unpaired) electrons. The maximum atomic E-state index is 13.7. The number of rotatable bonds is 11. The normalized spacial score (nSPS) is 12.8. The maximum Gasteiger partial charge on any atom is 0.416 e. The monoisotopic (exact) mass is 670 g/mol. The van der Waals surface area contributed by atoms with Crippen molar-refractivity contribution in [3.05, 3.63) is 112 Å². The lowest BCUT2D eigenvalue weighted by molar-refractivity contribution is -0.142. The highest BCUT2D eigenvalue weighted by Gasteiger charge is 2.31. The van der Waals surface area contributed by atoms with Crippen LogP contribution in [0.2, 0.25) is 5.02 Å². The van der Waals surface area contributed by atoms with Crippen LogP contribution in [0, 0.1) is 11.7 Å². The summed E-state index contributed by atoms with van der Waals surface area (Å²) >= 11 is 5.91. The number of aromatic hydroxyl groups is 1. The van der Waals surface area contributed by atoms with Crippen molar-refractivity contribution in [3.8, 4) is 28.0 Å². The molecule has 7 nitrogen and oxygen atoms in total. The van der Waals surface area contributed by atoms with Gasteiger partial charge in [-0.1, -0.05) is 74.0 Å². The van der Waals surface area contributed by atoms with Gasteiger partial charge in [-0.25, -0.2) is 9.18 Å². The molecule has 0 saturated carbocycles. The lowest BCUT2D eigenvalue weighted by Crippen LogP contribution is -2.52. The van der Waals surface area contributed by atoms with Gasteiger partial charge in [0.1, 0.15) is 23.7 Å². The summed E-state index contributed by atoms with van der Waals surface area (Å²) in [5.41, 5.74) is 1.18. The molecule has 0 aliphatic heterocycles. The van der Waals surface area contributed by atoms with Gasteiger partial charge in [0, 0.05) is 6.42 Å². The summed E-state index contributed by atoms with van der Waals surface area (Å²) in [6.45, 7) is 3.58. The SMILES string of the molecule is CC(C)C[C@H](NC(=O)[C@H](Cc1ccc(-c2cccc(C(F)(F)F)c2)cc1)NC(=O)c1cc(-c2ccc(F)c(Cl)c2)ccc1O)C(=O)O. The molecule has 0 spiro atoms. The van der Waals surface area contributed by atoms with E-state index < -0.39 is 53.2 Å². The zero-order valence-electron chi connectivity index (χ0n) is 25.2. The summed E-state index contributed by atoms with van der Waals surface area (Å²) < 4.78 is 53.4. The molecule has 2 amide bonds. The Labute approximate surface area is 273 Å². The number of phenols is 1. The summed E-state index contributed by atoms with van der Waals surface area (Å²) in [7, 11) is 0. The Bertz CT molecular complexity index is 1780. The van der Waals surface area contributed by atoms with Crippen molar-refractivity contribution < 1.29 is 42.2 Å². The van der Waals surface area contributed by atoms with Gasteiger partial charge in [-0.3, -0.25) is 9.59 Å². The first-order valence-corrected chi connectivity index (χ1v) is 14.9. The van der Waals surface area contributed by atoms with Crippen LogP contribution >= 0.6 is 11.6 Å². The van der Waals surface area contributed by atoms with Crippen molar-refractivity contribution >= 4 is 29.4 Å². The van der Waals surface area contributed by atoms with Crippen LogP contribution in [-0.2, 0) is 22.2 Å². The second-order valence-electron chi connectivity index (χ2n) is 11.4. The van der Waals surface area contributed by atoms with Gasteiger partial charge in [-0.2, -0.15) is 13.2 Å². The molecule has 0 aliphatic rings. The minimum Gasteiger partial charge on any atom is -0.507 e. The Hall–Kier alpha value is -4.90. The number of phenolic OH excluding ortho intramolecular Hbond substituents is 1. The molecule has 12 heteroatoms. The number of halogens is 5. The Kier molecular flexibility index (Phi) is 10.9. The van der Waals surface area contributed by atoms with Crippen LogP contribution in [-0.4, -0.2) is 40.1 Å². The Morgan fingerprint density at radius 2 is 1.43 bits per heavy atom. The molecule has 0 aliphatic carbocycles. The molecule has 0 heterocycles. The van der Waals surface area contributed by atoms with Crippen molar-refractivity contribution in [2.24, 2.45) is 5.92 Å². The van der Waals surface area contributed by atoms with E-state index in [0.29, 0.717) is 27.8 Å².